The van der Waals surface area contributed by atoms with Crippen LogP contribution in [0.3, 0.4) is 0 Å². The molecule has 0 spiro atoms. The number of ether oxygens (including phenoxy) is 1. The Balaban J connectivity index is 1.46. The summed E-state index contributed by atoms with van der Waals surface area (Å²) < 4.78 is 11.1. The first-order valence-corrected chi connectivity index (χ1v) is 13.1. The molecule has 1 aliphatic heterocycles. The quantitative estimate of drug-likeness (QED) is 0.332. The van der Waals surface area contributed by atoms with Crippen LogP contribution in [0.2, 0.25) is 10.0 Å². The Kier molecular flexibility index (Phi) is 8.92. The summed E-state index contributed by atoms with van der Waals surface area (Å²) in [6, 6.07) is 17.9. The Morgan fingerprint density at radius 2 is 1.87 bits per heavy atom. The van der Waals surface area contributed by atoms with Gasteiger partial charge in [-0.25, -0.2) is 4.79 Å². The lowest BCUT2D eigenvalue weighted by molar-refractivity contribution is -0.140. The van der Waals surface area contributed by atoms with Gasteiger partial charge in [-0.15, -0.1) is 0 Å². The summed E-state index contributed by atoms with van der Waals surface area (Å²) in [6.45, 7) is 4.15. The van der Waals surface area contributed by atoms with Crippen molar-refractivity contribution in [2.45, 2.75) is 39.2 Å². The Labute approximate surface area is 231 Å². The summed E-state index contributed by atoms with van der Waals surface area (Å²) in [4.78, 5) is 40.2. The molecule has 0 saturated heterocycles. The molecule has 0 radical (unpaired) electrons. The molecule has 1 unspecified atom stereocenters. The number of halogens is 2. The molecule has 198 valence electrons. The van der Waals surface area contributed by atoms with Crippen molar-refractivity contribution in [2.75, 3.05) is 13.2 Å². The number of carbonyl (C=O) groups excluding carboxylic acids is 3. The van der Waals surface area contributed by atoms with Crippen molar-refractivity contribution < 1.29 is 23.5 Å². The summed E-state index contributed by atoms with van der Waals surface area (Å²) in [5.41, 5.74) is 2.70. The molecule has 7 nitrogen and oxygen atoms in total. The number of benzene rings is 2. The third-order valence-electron chi connectivity index (χ3n) is 6.41. The van der Waals surface area contributed by atoms with E-state index in [0.29, 0.717) is 40.0 Å². The fourth-order valence-electron chi connectivity index (χ4n) is 4.51. The normalized spacial score (nSPS) is 15.5. The summed E-state index contributed by atoms with van der Waals surface area (Å²) in [5.74, 6) is -0.824. The highest BCUT2D eigenvalue weighted by molar-refractivity contribution is 6.35. The number of hydrogen-bond acceptors (Lipinski definition) is 5. The van der Waals surface area contributed by atoms with Crippen LogP contribution in [0.4, 0.5) is 0 Å². The molecule has 0 aliphatic carbocycles. The van der Waals surface area contributed by atoms with E-state index in [1.165, 1.54) is 4.90 Å². The zero-order valence-corrected chi connectivity index (χ0v) is 22.6. The lowest BCUT2D eigenvalue weighted by Crippen LogP contribution is -2.38. The monoisotopic (exact) mass is 554 g/mol. The number of allylic oxidation sites excluding steroid dienone is 1. The zero-order valence-electron chi connectivity index (χ0n) is 21.1. The van der Waals surface area contributed by atoms with Crippen molar-refractivity contribution in [1.82, 2.24) is 10.2 Å². The molecule has 38 heavy (non-hydrogen) atoms. The van der Waals surface area contributed by atoms with Gasteiger partial charge < -0.3 is 19.4 Å². The van der Waals surface area contributed by atoms with Crippen LogP contribution < -0.4 is 5.32 Å². The van der Waals surface area contributed by atoms with E-state index in [2.05, 4.69) is 5.32 Å². The average molecular weight is 555 g/mol. The van der Waals surface area contributed by atoms with Crippen LogP contribution in [0, 0.1) is 0 Å². The van der Waals surface area contributed by atoms with Gasteiger partial charge in [-0.05, 0) is 55.7 Å². The number of nitrogens with one attached hydrogen (secondary N) is 1. The van der Waals surface area contributed by atoms with E-state index >= 15 is 0 Å². The lowest BCUT2D eigenvalue weighted by atomic mass is 9.83. The van der Waals surface area contributed by atoms with Crippen LogP contribution >= 0.6 is 23.2 Å². The number of rotatable bonds is 9. The van der Waals surface area contributed by atoms with Gasteiger partial charge in [0.2, 0.25) is 5.91 Å². The fraction of sp³-hybridized carbons (Fsp3) is 0.276. The lowest BCUT2D eigenvalue weighted by Gasteiger charge is -2.34. The van der Waals surface area contributed by atoms with Crippen molar-refractivity contribution in [3.8, 4) is 0 Å². The molecular weight excluding hydrogens is 527 g/mol. The van der Waals surface area contributed by atoms with E-state index in [1.807, 2.05) is 36.4 Å². The van der Waals surface area contributed by atoms with Gasteiger partial charge in [-0.1, -0.05) is 59.6 Å². The first-order chi connectivity index (χ1) is 18.3. The van der Waals surface area contributed by atoms with Crippen molar-refractivity contribution in [3.05, 3.63) is 105 Å². The SMILES string of the molecule is CCOC(=O)C1=C(C)N(Cc2ccc(C(=O)NCCc3ccc(Cl)cc3Cl)o2)C(=O)CC1c1ccccc1. The maximum absolute atomic E-state index is 13.2. The topological polar surface area (TPSA) is 88.8 Å². The molecule has 3 aromatic rings. The summed E-state index contributed by atoms with van der Waals surface area (Å²) in [6.07, 6.45) is 0.650. The van der Waals surface area contributed by atoms with E-state index in [0.717, 1.165) is 11.1 Å². The van der Waals surface area contributed by atoms with E-state index in [1.54, 1.807) is 38.1 Å². The summed E-state index contributed by atoms with van der Waals surface area (Å²) in [5, 5.41) is 3.90. The molecule has 2 heterocycles. The van der Waals surface area contributed by atoms with Gasteiger partial charge in [0.05, 0.1) is 18.7 Å². The second-order valence-corrected chi connectivity index (χ2v) is 9.72. The highest BCUT2D eigenvalue weighted by Gasteiger charge is 2.37. The van der Waals surface area contributed by atoms with E-state index < -0.39 is 11.9 Å². The van der Waals surface area contributed by atoms with Crippen molar-refractivity contribution >= 4 is 41.0 Å². The summed E-state index contributed by atoms with van der Waals surface area (Å²) >= 11 is 12.1. The van der Waals surface area contributed by atoms with Gasteiger partial charge >= 0.3 is 5.97 Å². The minimum absolute atomic E-state index is 0.0861. The zero-order chi connectivity index (χ0) is 27.2. The first-order valence-electron chi connectivity index (χ1n) is 12.3. The Hall–Kier alpha value is -3.55. The van der Waals surface area contributed by atoms with Crippen LogP contribution in [-0.2, 0) is 27.3 Å². The van der Waals surface area contributed by atoms with Gasteiger partial charge in [0, 0.05) is 34.6 Å². The Morgan fingerprint density at radius 1 is 1.11 bits per heavy atom. The van der Waals surface area contributed by atoms with Crippen LogP contribution in [0.25, 0.3) is 0 Å². The Morgan fingerprint density at radius 3 is 2.58 bits per heavy atom. The van der Waals surface area contributed by atoms with Gasteiger partial charge in [0.15, 0.2) is 5.76 Å². The number of carbonyl (C=O) groups is 3. The van der Waals surface area contributed by atoms with E-state index in [9.17, 15) is 14.4 Å². The van der Waals surface area contributed by atoms with Gasteiger partial charge in [0.25, 0.3) is 5.91 Å². The molecule has 4 rings (SSSR count). The molecule has 0 saturated carbocycles. The van der Waals surface area contributed by atoms with Crippen molar-refractivity contribution in [1.29, 1.82) is 0 Å². The smallest absolute Gasteiger partial charge is 0.336 e. The van der Waals surface area contributed by atoms with Crippen LogP contribution in [0.1, 0.15) is 53.6 Å². The van der Waals surface area contributed by atoms with Crippen LogP contribution in [0.15, 0.2) is 76.4 Å². The van der Waals surface area contributed by atoms with Crippen molar-refractivity contribution in [2.24, 2.45) is 0 Å². The maximum Gasteiger partial charge on any atom is 0.336 e. The minimum atomic E-state index is -0.448. The minimum Gasteiger partial charge on any atom is -0.463 e. The molecule has 1 aliphatic rings. The number of esters is 1. The first kappa shape index (κ1) is 27.5. The maximum atomic E-state index is 13.2. The molecule has 2 aromatic carbocycles. The van der Waals surface area contributed by atoms with E-state index in [4.69, 9.17) is 32.4 Å². The predicted octanol–water partition coefficient (Wildman–Crippen LogP) is 5.91. The second-order valence-electron chi connectivity index (χ2n) is 8.87. The third-order valence-corrected chi connectivity index (χ3v) is 7.00. The molecule has 0 bridgehead atoms. The standard InChI is InChI=1S/C29H28Cl2N2O5/c1-3-37-29(36)27-18(2)33(26(34)16-23(27)19-7-5-4-6-8-19)17-22-11-12-25(38-22)28(35)32-14-13-20-9-10-21(30)15-24(20)31/h4-12,15,23H,3,13-14,16-17H2,1-2H3,(H,32,35). The van der Waals surface area contributed by atoms with Crippen LogP contribution in [-0.4, -0.2) is 35.8 Å². The number of amides is 2. The second kappa shape index (κ2) is 12.3. The molecule has 1 N–H and O–H groups in total. The van der Waals surface area contributed by atoms with Gasteiger partial charge in [-0.2, -0.15) is 0 Å². The van der Waals surface area contributed by atoms with Crippen LogP contribution in [0.5, 0.6) is 0 Å². The fourth-order valence-corrected chi connectivity index (χ4v) is 5.01. The predicted molar refractivity (Wildman–Crippen MR) is 145 cm³/mol. The van der Waals surface area contributed by atoms with E-state index in [-0.39, 0.29) is 37.1 Å². The molecule has 2 amide bonds. The molecule has 9 heteroatoms. The average Bonchev–Trinajstić information content (AvgIpc) is 3.37. The van der Waals surface area contributed by atoms with Crippen molar-refractivity contribution in [3.63, 3.8) is 0 Å². The summed E-state index contributed by atoms with van der Waals surface area (Å²) in [7, 11) is 0. The molecular formula is C29H28Cl2N2O5. The number of furan rings is 1. The number of hydrogen-bond donors (Lipinski definition) is 1. The Bertz CT molecular complexity index is 1370. The third kappa shape index (κ3) is 6.29. The molecule has 1 atom stereocenters. The number of nitrogens with zero attached hydrogens (tertiary/aromatic N) is 1. The van der Waals surface area contributed by atoms with Gasteiger partial charge in [0.1, 0.15) is 5.76 Å². The highest BCUT2D eigenvalue weighted by atomic mass is 35.5. The largest absolute Gasteiger partial charge is 0.463 e. The molecule has 1 aromatic heterocycles. The molecule has 0 fully saturated rings. The van der Waals surface area contributed by atoms with Gasteiger partial charge in [-0.3, -0.25) is 9.59 Å². The highest BCUT2D eigenvalue weighted by Crippen LogP contribution is 2.37.